The molecule has 2 aromatic heterocycles. The van der Waals surface area contributed by atoms with Crippen molar-refractivity contribution in [2.24, 2.45) is 0 Å². The molecule has 3 rings (SSSR count). The summed E-state index contributed by atoms with van der Waals surface area (Å²) < 4.78 is 0.787. The van der Waals surface area contributed by atoms with E-state index in [1.807, 2.05) is 23.6 Å². The monoisotopic (exact) mass is 393 g/mol. The summed E-state index contributed by atoms with van der Waals surface area (Å²) >= 11 is 10.7. The highest BCUT2D eigenvalue weighted by atomic mass is 79.9. The van der Waals surface area contributed by atoms with Gasteiger partial charge in [0.2, 0.25) is 0 Å². The predicted octanol–water partition coefficient (Wildman–Crippen LogP) is 4.87. The Morgan fingerprint density at radius 1 is 1.23 bits per heavy atom. The molecule has 3 aromatic rings. The van der Waals surface area contributed by atoms with E-state index in [4.69, 9.17) is 11.6 Å². The fourth-order valence-electron chi connectivity index (χ4n) is 1.80. The van der Waals surface area contributed by atoms with Crippen molar-refractivity contribution in [2.75, 3.05) is 5.32 Å². The summed E-state index contributed by atoms with van der Waals surface area (Å²) in [6.07, 6.45) is 1.70. The van der Waals surface area contributed by atoms with Crippen molar-refractivity contribution in [3.63, 3.8) is 0 Å². The number of carbonyl (C=O) groups is 1. The highest BCUT2D eigenvalue weighted by molar-refractivity contribution is 9.10. The molecule has 0 aliphatic heterocycles. The van der Waals surface area contributed by atoms with Gasteiger partial charge in [-0.25, -0.2) is 4.98 Å². The lowest BCUT2D eigenvalue weighted by molar-refractivity contribution is 0.102. The molecule has 1 aromatic carbocycles. The molecule has 22 heavy (non-hydrogen) atoms. The Bertz CT molecular complexity index is 823. The summed E-state index contributed by atoms with van der Waals surface area (Å²) in [5.74, 6) is -0.298. The second kappa shape index (κ2) is 6.56. The van der Waals surface area contributed by atoms with E-state index in [1.54, 1.807) is 24.4 Å². The van der Waals surface area contributed by atoms with E-state index in [9.17, 15) is 4.79 Å². The molecule has 0 spiro atoms. The van der Waals surface area contributed by atoms with E-state index in [1.165, 1.54) is 11.3 Å². The molecule has 0 saturated heterocycles. The second-order valence-corrected chi connectivity index (χ2v) is 6.51. The predicted molar refractivity (Wildman–Crippen MR) is 92.5 cm³/mol. The topological polar surface area (TPSA) is 54.9 Å². The zero-order valence-electron chi connectivity index (χ0n) is 11.1. The van der Waals surface area contributed by atoms with E-state index in [2.05, 4.69) is 31.2 Å². The van der Waals surface area contributed by atoms with Crippen molar-refractivity contribution in [1.82, 2.24) is 9.97 Å². The van der Waals surface area contributed by atoms with Crippen molar-refractivity contribution in [2.45, 2.75) is 0 Å². The van der Waals surface area contributed by atoms with Gasteiger partial charge in [-0.3, -0.25) is 15.1 Å². The van der Waals surface area contributed by atoms with Gasteiger partial charge in [0.05, 0.1) is 16.3 Å². The summed E-state index contributed by atoms with van der Waals surface area (Å²) in [6, 6.07) is 10.7. The SMILES string of the molecule is O=C(Nc1nc(-c2ccccn2)cs1)c1cc(Br)ccc1Cl. The number of hydrogen-bond donors (Lipinski definition) is 1. The molecule has 0 saturated carbocycles. The number of thiazole rings is 1. The van der Waals surface area contributed by atoms with Gasteiger partial charge < -0.3 is 0 Å². The Balaban J connectivity index is 1.81. The largest absolute Gasteiger partial charge is 0.298 e. The zero-order chi connectivity index (χ0) is 15.5. The summed E-state index contributed by atoms with van der Waals surface area (Å²) in [6.45, 7) is 0. The number of amides is 1. The zero-order valence-corrected chi connectivity index (χ0v) is 14.2. The van der Waals surface area contributed by atoms with E-state index >= 15 is 0 Å². The van der Waals surface area contributed by atoms with Crippen LogP contribution >= 0.6 is 38.9 Å². The Morgan fingerprint density at radius 2 is 2.09 bits per heavy atom. The molecular weight excluding hydrogens is 386 g/mol. The molecule has 0 fully saturated rings. The third-order valence-electron chi connectivity index (χ3n) is 2.83. The summed E-state index contributed by atoms with van der Waals surface area (Å²) in [4.78, 5) is 20.9. The molecule has 7 heteroatoms. The van der Waals surface area contributed by atoms with Crippen LogP contribution in [-0.2, 0) is 0 Å². The maximum absolute atomic E-state index is 12.3. The van der Waals surface area contributed by atoms with Crippen LogP contribution in [0.15, 0.2) is 52.4 Å². The maximum Gasteiger partial charge on any atom is 0.258 e. The minimum Gasteiger partial charge on any atom is -0.298 e. The molecule has 0 aliphatic rings. The molecule has 0 aliphatic carbocycles. The smallest absolute Gasteiger partial charge is 0.258 e. The molecule has 0 unspecified atom stereocenters. The first kappa shape index (κ1) is 15.1. The van der Waals surface area contributed by atoms with E-state index in [0.717, 1.165) is 15.9 Å². The van der Waals surface area contributed by atoms with Crippen LogP contribution in [0.4, 0.5) is 5.13 Å². The van der Waals surface area contributed by atoms with Crippen molar-refractivity contribution < 1.29 is 4.79 Å². The van der Waals surface area contributed by atoms with Crippen molar-refractivity contribution >= 4 is 49.9 Å². The van der Waals surface area contributed by atoms with Crippen molar-refractivity contribution in [3.05, 3.63) is 63.0 Å². The third kappa shape index (κ3) is 3.35. The van der Waals surface area contributed by atoms with Crippen LogP contribution in [0.3, 0.4) is 0 Å². The fraction of sp³-hybridized carbons (Fsp3) is 0. The first-order valence-corrected chi connectivity index (χ1v) is 8.32. The molecule has 0 radical (unpaired) electrons. The molecule has 0 bridgehead atoms. The Morgan fingerprint density at radius 3 is 2.86 bits per heavy atom. The van der Waals surface area contributed by atoms with Crippen LogP contribution in [0.2, 0.25) is 5.02 Å². The van der Waals surface area contributed by atoms with E-state index in [-0.39, 0.29) is 5.91 Å². The van der Waals surface area contributed by atoms with Crippen LogP contribution in [-0.4, -0.2) is 15.9 Å². The van der Waals surface area contributed by atoms with Gasteiger partial charge in [-0.05, 0) is 30.3 Å². The number of carbonyl (C=O) groups excluding carboxylic acids is 1. The molecule has 1 amide bonds. The Labute approximate surface area is 144 Å². The normalized spacial score (nSPS) is 10.5. The van der Waals surface area contributed by atoms with Crippen molar-refractivity contribution in [1.29, 1.82) is 0 Å². The third-order valence-corrected chi connectivity index (χ3v) is 4.41. The lowest BCUT2D eigenvalue weighted by Crippen LogP contribution is -2.12. The number of benzene rings is 1. The number of nitrogens with zero attached hydrogens (tertiary/aromatic N) is 2. The van der Waals surface area contributed by atoms with Gasteiger partial charge in [0, 0.05) is 16.0 Å². The average Bonchev–Trinajstić information content (AvgIpc) is 2.99. The average molecular weight is 395 g/mol. The Hall–Kier alpha value is -1.76. The van der Waals surface area contributed by atoms with Gasteiger partial charge in [0.1, 0.15) is 5.69 Å². The molecular formula is C15H9BrClN3OS. The molecule has 2 heterocycles. The molecule has 110 valence electrons. The van der Waals surface area contributed by atoms with E-state index in [0.29, 0.717) is 15.7 Å². The lowest BCUT2D eigenvalue weighted by atomic mass is 10.2. The van der Waals surface area contributed by atoms with Gasteiger partial charge in [-0.2, -0.15) is 0 Å². The summed E-state index contributed by atoms with van der Waals surface area (Å²) in [5.41, 5.74) is 1.88. The first-order valence-electron chi connectivity index (χ1n) is 6.27. The number of aromatic nitrogens is 2. The Kier molecular flexibility index (Phi) is 4.52. The maximum atomic E-state index is 12.3. The minimum absolute atomic E-state index is 0.298. The van der Waals surface area contributed by atoms with E-state index < -0.39 is 0 Å². The number of anilines is 1. The number of pyridine rings is 1. The van der Waals surface area contributed by atoms with Crippen LogP contribution in [0.25, 0.3) is 11.4 Å². The summed E-state index contributed by atoms with van der Waals surface area (Å²) in [5, 5.41) is 5.49. The standard InChI is InChI=1S/C15H9BrClN3OS/c16-9-4-5-11(17)10(7-9)14(21)20-15-19-13(8-22-15)12-3-1-2-6-18-12/h1-8H,(H,19,20,21). The number of rotatable bonds is 3. The molecule has 1 N–H and O–H groups in total. The quantitative estimate of drug-likeness (QED) is 0.689. The van der Waals surface area contributed by atoms with Gasteiger partial charge >= 0.3 is 0 Å². The van der Waals surface area contributed by atoms with Gasteiger partial charge in [-0.15, -0.1) is 11.3 Å². The van der Waals surface area contributed by atoms with Gasteiger partial charge in [0.25, 0.3) is 5.91 Å². The van der Waals surface area contributed by atoms with Crippen molar-refractivity contribution in [3.8, 4) is 11.4 Å². The fourth-order valence-corrected chi connectivity index (χ4v) is 3.06. The van der Waals surface area contributed by atoms with Gasteiger partial charge in [-0.1, -0.05) is 33.6 Å². The van der Waals surface area contributed by atoms with Crippen LogP contribution in [0, 0.1) is 0 Å². The number of halogens is 2. The second-order valence-electron chi connectivity index (χ2n) is 4.33. The van der Waals surface area contributed by atoms with Crippen LogP contribution in [0.5, 0.6) is 0 Å². The first-order chi connectivity index (χ1) is 10.6. The van der Waals surface area contributed by atoms with Crippen LogP contribution < -0.4 is 5.32 Å². The minimum atomic E-state index is -0.298. The van der Waals surface area contributed by atoms with Crippen LogP contribution in [0.1, 0.15) is 10.4 Å². The summed E-state index contributed by atoms with van der Waals surface area (Å²) in [7, 11) is 0. The molecule has 4 nitrogen and oxygen atoms in total. The number of nitrogens with one attached hydrogen (secondary N) is 1. The lowest BCUT2D eigenvalue weighted by Gasteiger charge is -2.04. The highest BCUT2D eigenvalue weighted by Gasteiger charge is 2.13. The highest BCUT2D eigenvalue weighted by Crippen LogP contribution is 2.25. The number of hydrogen-bond acceptors (Lipinski definition) is 4. The van der Waals surface area contributed by atoms with Gasteiger partial charge in [0.15, 0.2) is 5.13 Å². The molecule has 0 atom stereocenters.